The van der Waals surface area contributed by atoms with Crippen molar-refractivity contribution in [2.24, 2.45) is 20.5 Å². The zero-order chi connectivity index (χ0) is 35.4. The lowest BCUT2D eigenvalue weighted by atomic mass is 10.1. The summed E-state index contributed by atoms with van der Waals surface area (Å²) < 4.78 is 133. The van der Waals surface area contributed by atoms with Crippen molar-refractivity contribution in [1.82, 2.24) is 0 Å². The fraction of sp³-hybridized carbons (Fsp3) is 0.0370. The predicted octanol–water partition coefficient (Wildman–Crippen LogP) is 5.82. The minimum Gasteiger partial charge on any atom is -0.506 e. The SMILES string of the molecule is Cc1cc(N=Nc2ccc3cc(S(=O)(=O)O)cc(S(=O)(=O)O)c3c2)ccc1N=Nc1c(O)ccc2cc(S(=O)(=O)O)cc(S(=O)(=O)O)c12. The van der Waals surface area contributed by atoms with E-state index in [9.17, 15) is 57.0 Å². The second kappa shape index (κ2) is 12.1. The molecular formula is C27H20N4O13S4. The van der Waals surface area contributed by atoms with E-state index in [4.69, 9.17) is 0 Å². The summed E-state index contributed by atoms with van der Waals surface area (Å²) in [5, 5.41) is 26.0. The van der Waals surface area contributed by atoms with E-state index >= 15 is 0 Å². The maximum absolute atomic E-state index is 12.1. The Morgan fingerprint density at radius 2 is 1.04 bits per heavy atom. The summed E-state index contributed by atoms with van der Waals surface area (Å²) in [5.74, 6) is -0.569. The van der Waals surface area contributed by atoms with Crippen molar-refractivity contribution in [1.29, 1.82) is 0 Å². The van der Waals surface area contributed by atoms with Gasteiger partial charge in [-0.25, -0.2) is 0 Å². The van der Waals surface area contributed by atoms with Crippen LogP contribution >= 0.6 is 0 Å². The third-order valence-electron chi connectivity index (χ3n) is 6.75. The van der Waals surface area contributed by atoms with E-state index in [1.165, 1.54) is 36.4 Å². The minimum atomic E-state index is -5.09. The van der Waals surface area contributed by atoms with Gasteiger partial charge < -0.3 is 5.11 Å². The average Bonchev–Trinajstić information content (AvgIpc) is 2.97. The van der Waals surface area contributed by atoms with E-state index in [0.29, 0.717) is 17.7 Å². The van der Waals surface area contributed by atoms with Gasteiger partial charge in [0.25, 0.3) is 40.5 Å². The molecule has 48 heavy (non-hydrogen) atoms. The van der Waals surface area contributed by atoms with E-state index in [-0.39, 0.29) is 38.6 Å². The fourth-order valence-electron chi connectivity index (χ4n) is 4.57. The van der Waals surface area contributed by atoms with E-state index in [1.807, 2.05) is 0 Å². The second-order valence-electron chi connectivity index (χ2n) is 10.1. The van der Waals surface area contributed by atoms with Crippen LogP contribution in [0.5, 0.6) is 5.75 Å². The second-order valence-corrected chi connectivity index (χ2v) is 15.7. The van der Waals surface area contributed by atoms with Gasteiger partial charge in [0.05, 0.1) is 26.9 Å². The average molecular weight is 737 g/mol. The molecule has 5 N–H and O–H groups in total. The number of hydrogen-bond acceptors (Lipinski definition) is 13. The summed E-state index contributed by atoms with van der Waals surface area (Å²) in [6, 6.07) is 13.5. The Balaban J connectivity index is 1.51. The first-order valence-corrected chi connectivity index (χ1v) is 18.6. The number of rotatable bonds is 8. The van der Waals surface area contributed by atoms with Crippen LogP contribution in [0.15, 0.2) is 113 Å². The Kier molecular flexibility index (Phi) is 8.69. The van der Waals surface area contributed by atoms with Crippen LogP contribution < -0.4 is 0 Å². The van der Waals surface area contributed by atoms with Crippen LogP contribution in [-0.4, -0.2) is 57.0 Å². The van der Waals surface area contributed by atoms with Gasteiger partial charge in [-0.05, 0) is 83.9 Å². The number of phenols is 1. The fourth-order valence-corrected chi connectivity index (χ4v) is 7.28. The predicted molar refractivity (Wildman–Crippen MR) is 168 cm³/mol. The molecule has 5 aromatic carbocycles. The molecule has 5 rings (SSSR count). The van der Waals surface area contributed by atoms with E-state index in [1.54, 1.807) is 6.92 Å². The lowest BCUT2D eigenvalue weighted by molar-refractivity contribution is 0.475. The molecule has 0 saturated carbocycles. The molecule has 21 heteroatoms. The summed E-state index contributed by atoms with van der Waals surface area (Å²) in [6.07, 6.45) is 0. The van der Waals surface area contributed by atoms with Crippen LogP contribution in [0.25, 0.3) is 21.5 Å². The van der Waals surface area contributed by atoms with Crippen molar-refractivity contribution < 1.29 is 57.0 Å². The lowest BCUT2D eigenvalue weighted by Crippen LogP contribution is -2.04. The molecule has 0 aromatic heterocycles. The van der Waals surface area contributed by atoms with Gasteiger partial charge in [0.15, 0.2) is 0 Å². The van der Waals surface area contributed by atoms with Crippen LogP contribution in [0.3, 0.4) is 0 Å². The zero-order valence-corrected chi connectivity index (χ0v) is 27.1. The number of benzene rings is 5. The molecule has 0 atom stereocenters. The third kappa shape index (κ3) is 7.22. The molecule has 250 valence electrons. The molecule has 5 aromatic rings. The molecule has 0 fully saturated rings. The monoisotopic (exact) mass is 736 g/mol. The van der Waals surface area contributed by atoms with Crippen LogP contribution in [-0.2, 0) is 40.5 Å². The molecule has 0 aliphatic rings. The Bertz CT molecular complexity index is 2690. The number of phenolic OH excluding ortho intramolecular Hbond substituents is 1. The topological polar surface area (TPSA) is 287 Å². The van der Waals surface area contributed by atoms with Crippen molar-refractivity contribution in [3.63, 3.8) is 0 Å². The highest BCUT2D eigenvalue weighted by Crippen LogP contribution is 2.41. The maximum Gasteiger partial charge on any atom is 0.295 e. The Labute approximate surface area is 271 Å². The van der Waals surface area contributed by atoms with Crippen LogP contribution in [0.1, 0.15) is 5.56 Å². The molecule has 0 spiro atoms. The molecule has 0 aliphatic carbocycles. The molecule has 0 heterocycles. The standard InChI is InChI=1S/C27H20N4O13S4/c1-14-8-17(28-29-18-4-2-15-9-19(45(33,34)35)12-24(21(15)11-18)47(39,40)41)5-6-22(14)30-31-27-23(32)7-3-16-10-20(46(36,37)38)13-25(26(16)27)48(42,43)44/h2-13,32H,1H3,(H,33,34,35)(H,36,37,38)(H,39,40,41)(H,42,43,44). The van der Waals surface area contributed by atoms with Crippen LogP contribution in [0.4, 0.5) is 22.7 Å². The number of hydrogen-bond donors (Lipinski definition) is 5. The first-order chi connectivity index (χ1) is 22.1. The molecule has 17 nitrogen and oxygen atoms in total. The summed E-state index contributed by atoms with van der Waals surface area (Å²) in [7, 11) is -19.7. The number of nitrogens with zero attached hydrogens (tertiary/aromatic N) is 4. The van der Waals surface area contributed by atoms with E-state index in [2.05, 4.69) is 20.5 Å². The highest BCUT2D eigenvalue weighted by Gasteiger charge is 2.24. The molecule has 0 saturated heterocycles. The molecule has 0 unspecified atom stereocenters. The van der Waals surface area contributed by atoms with E-state index in [0.717, 1.165) is 24.3 Å². The Morgan fingerprint density at radius 1 is 0.521 bits per heavy atom. The van der Waals surface area contributed by atoms with Gasteiger partial charge in [-0.3, -0.25) is 18.2 Å². The van der Waals surface area contributed by atoms with Crippen molar-refractivity contribution in [2.45, 2.75) is 26.5 Å². The summed E-state index contributed by atoms with van der Waals surface area (Å²) in [5.41, 5.74) is 0.582. The van der Waals surface area contributed by atoms with Gasteiger partial charge in [0, 0.05) is 10.8 Å². The van der Waals surface area contributed by atoms with Gasteiger partial charge in [0.1, 0.15) is 21.2 Å². The number of fused-ring (bicyclic) bond motifs is 2. The Morgan fingerprint density at radius 3 is 1.60 bits per heavy atom. The third-order valence-corrected chi connectivity index (χ3v) is 10.2. The lowest BCUT2D eigenvalue weighted by Gasteiger charge is -2.10. The quantitative estimate of drug-likeness (QED) is 0.0927. The summed E-state index contributed by atoms with van der Waals surface area (Å²) in [6.45, 7) is 1.60. The van der Waals surface area contributed by atoms with Crippen molar-refractivity contribution in [3.8, 4) is 5.75 Å². The van der Waals surface area contributed by atoms with Crippen molar-refractivity contribution in [3.05, 3.63) is 78.4 Å². The van der Waals surface area contributed by atoms with Gasteiger partial charge in [-0.2, -0.15) is 49.0 Å². The van der Waals surface area contributed by atoms with Gasteiger partial charge in [0.2, 0.25) is 0 Å². The van der Waals surface area contributed by atoms with Gasteiger partial charge >= 0.3 is 0 Å². The van der Waals surface area contributed by atoms with E-state index < -0.39 is 71.5 Å². The Hall–Kier alpha value is -4.74. The molecule has 0 bridgehead atoms. The number of azo groups is 2. The van der Waals surface area contributed by atoms with Gasteiger partial charge in [-0.15, -0.1) is 5.11 Å². The molecule has 0 aliphatic heterocycles. The van der Waals surface area contributed by atoms with Crippen LogP contribution in [0.2, 0.25) is 0 Å². The van der Waals surface area contributed by atoms with Crippen molar-refractivity contribution in [2.75, 3.05) is 0 Å². The smallest absolute Gasteiger partial charge is 0.295 e. The highest BCUT2D eigenvalue weighted by atomic mass is 32.2. The highest BCUT2D eigenvalue weighted by molar-refractivity contribution is 7.87. The van der Waals surface area contributed by atoms with Gasteiger partial charge in [-0.1, -0.05) is 12.1 Å². The first kappa shape index (κ1) is 34.6. The zero-order valence-electron chi connectivity index (χ0n) is 23.9. The minimum absolute atomic E-state index is 0.0575. The maximum atomic E-state index is 12.1. The summed E-state index contributed by atoms with van der Waals surface area (Å²) in [4.78, 5) is -3.31. The molecule has 0 amide bonds. The van der Waals surface area contributed by atoms with Crippen molar-refractivity contribution >= 4 is 84.8 Å². The van der Waals surface area contributed by atoms with Crippen LogP contribution in [0, 0.1) is 6.92 Å². The number of aryl methyl sites for hydroxylation is 1. The summed E-state index contributed by atoms with van der Waals surface area (Å²) >= 11 is 0. The first-order valence-electron chi connectivity index (χ1n) is 12.8. The molecular weight excluding hydrogens is 717 g/mol. The normalized spacial score (nSPS) is 13.3. The molecule has 0 radical (unpaired) electrons. The number of aromatic hydroxyl groups is 1. The largest absolute Gasteiger partial charge is 0.506 e.